The van der Waals surface area contributed by atoms with Crippen molar-refractivity contribution in [3.05, 3.63) is 17.6 Å². The van der Waals surface area contributed by atoms with Crippen molar-refractivity contribution in [1.29, 1.82) is 0 Å². The summed E-state index contributed by atoms with van der Waals surface area (Å²) in [5.74, 6) is -2.03. The van der Waals surface area contributed by atoms with Crippen LogP contribution in [0.25, 0.3) is 11.1 Å². The summed E-state index contributed by atoms with van der Waals surface area (Å²) in [7, 11) is -4.16. The van der Waals surface area contributed by atoms with E-state index in [1.807, 2.05) is 0 Å². The van der Waals surface area contributed by atoms with Crippen LogP contribution in [0.3, 0.4) is 0 Å². The first-order valence-corrected chi connectivity index (χ1v) is 8.32. The van der Waals surface area contributed by atoms with Crippen LogP contribution in [0.5, 0.6) is 0 Å². The van der Waals surface area contributed by atoms with Gasteiger partial charge in [-0.2, -0.15) is 31.3 Å². The van der Waals surface area contributed by atoms with Crippen LogP contribution in [-0.2, 0) is 26.0 Å². The molecular weight excluding hydrogens is 381 g/mol. The molecule has 2 heterocycles. The predicted molar refractivity (Wildman–Crippen MR) is 72.3 cm³/mol. The van der Waals surface area contributed by atoms with E-state index >= 15 is 0 Å². The molecule has 0 spiro atoms. The van der Waals surface area contributed by atoms with Crippen molar-refractivity contribution in [1.82, 2.24) is 9.97 Å². The number of hydrogen-bond donors (Lipinski definition) is 0. The second-order valence-electron chi connectivity index (χ2n) is 4.53. The van der Waals surface area contributed by atoms with Gasteiger partial charge >= 0.3 is 19.9 Å². The van der Waals surface area contributed by atoms with Gasteiger partial charge in [-0.1, -0.05) is 0 Å². The lowest BCUT2D eigenvalue weighted by Gasteiger charge is -2.13. The lowest BCUT2D eigenvalue weighted by molar-refractivity contribution is -0.151. The molecule has 0 saturated carbocycles. The molecule has 0 saturated heterocycles. The average molecular weight is 392 g/mol. The molecule has 0 atom stereocenters. The van der Waals surface area contributed by atoms with E-state index in [-0.39, 0.29) is 13.2 Å². The maximum absolute atomic E-state index is 13.1. The Morgan fingerprint density at radius 3 is 2.04 bits per heavy atom. The molecular formula is C12H11F6N2O4P. The molecule has 0 aliphatic heterocycles. The highest BCUT2D eigenvalue weighted by Crippen LogP contribution is 2.48. The number of fused-ring (bicyclic) bond motifs is 1. The minimum absolute atomic E-state index is 0.139. The zero-order valence-electron chi connectivity index (χ0n) is 12.7. The Hall–Kier alpha value is -1.65. The van der Waals surface area contributed by atoms with Gasteiger partial charge in [-0.15, -0.1) is 0 Å². The van der Waals surface area contributed by atoms with Gasteiger partial charge in [-0.25, -0.2) is 4.98 Å². The third-order valence-electron chi connectivity index (χ3n) is 2.77. The quantitative estimate of drug-likeness (QED) is 0.562. The zero-order chi connectivity index (χ0) is 19.0. The fourth-order valence-corrected chi connectivity index (χ4v) is 3.39. The molecule has 2 aromatic rings. The summed E-state index contributed by atoms with van der Waals surface area (Å²) >= 11 is 0. The van der Waals surface area contributed by atoms with E-state index in [0.29, 0.717) is 6.07 Å². The first-order chi connectivity index (χ1) is 11.4. The second-order valence-corrected chi connectivity index (χ2v) is 6.48. The third kappa shape index (κ3) is 3.96. The molecule has 140 valence electrons. The van der Waals surface area contributed by atoms with E-state index in [1.54, 1.807) is 0 Å². The van der Waals surface area contributed by atoms with Crippen molar-refractivity contribution in [2.24, 2.45) is 0 Å². The van der Waals surface area contributed by atoms with E-state index < -0.39 is 48.1 Å². The Balaban J connectivity index is 2.75. The molecule has 25 heavy (non-hydrogen) atoms. The second kappa shape index (κ2) is 6.58. The van der Waals surface area contributed by atoms with Crippen molar-refractivity contribution < 1.29 is 44.4 Å². The zero-order valence-corrected chi connectivity index (χ0v) is 13.6. The Bertz CT molecular complexity index is 806. The smallest absolute Gasteiger partial charge is 0.430 e. The lowest BCUT2D eigenvalue weighted by Crippen LogP contribution is -2.17. The van der Waals surface area contributed by atoms with Crippen LogP contribution < -0.4 is 5.50 Å². The van der Waals surface area contributed by atoms with Crippen molar-refractivity contribution in [3.63, 3.8) is 0 Å². The predicted octanol–water partition coefficient (Wildman–Crippen LogP) is 4.15. The van der Waals surface area contributed by atoms with Crippen LogP contribution in [0.2, 0.25) is 0 Å². The highest BCUT2D eigenvalue weighted by atomic mass is 31.2. The molecule has 6 nitrogen and oxygen atoms in total. The van der Waals surface area contributed by atoms with E-state index in [0.717, 1.165) is 0 Å². The van der Waals surface area contributed by atoms with Gasteiger partial charge < -0.3 is 13.5 Å². The Morgan fingerprint density at radius 2 is 1.60 bits per heavy atom. The van der Waals surface area contributed by atoms with Crippen molar-refractivity contribution >= 4 is 24.2 Å². The number of rotatable bonds is 5. The number of halogens is 6. The summed E-state index contributed by atoms with van der Waals surface area (Å²) in [4.78, 5) is 5.48. The Labute approximate surface area is 136 Å². The first-order valence-electron chi connectivity index (χ1n) is 6.78. The van der Waals surface area contributed by atoms with Crippen LogP contribution in [0.1, 0.15) is 25.4 Å². The van der Waals surface area contributed by atoms with Gasteiger partial charge in [0.05, 0.1) is 18.6 Å². The summed E-state index contributed by atoms with van der Waals surface area (Å²) in [6.45, 7) is 2.61. The van der Waals surface area contributed by atoms with Crippen LogP contribution in [0.15, 0.2) is 10.5 Å². The first kappa shape index (κ1) is 19.7. The van der Waals surface area contributed by atoms with Crippen LogP contribution in [0, 0.1) is 0 Å². The molecule has 0 amide bonds. The van der Waals surface area contributed by atoms with Gasteiger partial charge in [-0.3, -0.25) is 4.57 Å². The topological polar surface area (TPSA) is 74.5 Å². The normalized spacial score (nSPS) is 13.6. The van der Waals surface area contributed by atoms with Crippen LogP contribution >= 0.6 is 7.60 Å². The van der Waals surface area contributed by atoms with Crippen molar-refractivity contribution in [2.45, 2.75) is 26.2 Å². The Kier molecular flexibility index (Phi) is 5.18. The maximum Gasteiger partial charge on any atom is 0.451 e. The molecule has 0 bridgehead atoms. The average Bonchev–Trinajstić information content (AvgIpc) is 2.89. The number of aromatic nitrogens is 2. The third-order valence-corrected chi connectivity index (χ3v) is 4.73. The highest BCUT2D eigenvalue weighted by Gasteiger charge is 2.43. The SMILES string of the molecule is CCOP(=O)(OCC)c1cc2c(C(F)(F)F)nc(C(F)(F)F)nc2o1. The number of alkyl halides is 6. The molecule has 2 rings (SSSR count). The van der Waals surface area contributed by atoms with E-state index in [9.17, 15) is 30.9 Å². The molecule has 0 N–H and O–H groups in total. The fraction of sp³-hybridized carbons (Fsp3) is 0.500. The largest absolute Gasteiger partial charge is 0.451 e. The summed E-state index contributed by atoms with van der Waals surface area (Å²) < 4.78 is 105. The van der Waals surface area contributed by atoms with Gasteiger partial charge in [0.25, 0.3) is 0 Å². The van der Waals surface area contributed by atoms with Gasteiger partial charge in [0.15, 0.2) is 5.69 Å². The van der Waals surface area contributed by atoms with E-state index in [4.69, 9.17) is 13.5 Å². The van der Waals surface area contributed by atoms with Gasteiger partial charge in [0, 0.05) is 6.07 Å². The molecule has 0 aliphatic carbocycles. The van der Waals surface area contributed by atoms with Crippen LogP contribution in [-0.4, -0.2) is 23.2 Å². The molecule has 0 aromatic carbocycles. The highest BCUT2D eigenvalue weighted by molar-refractivity contribution is 7.61. The summed E-state index contributed by atoms with van der Waals surface area (Å²) in [6.07, 6.45) is -10.5. The monoisotopic (exact) mass is 392 g/mol. The van der Waals surface area contributed by atoms with Gasteiger partial charge in [0.1, 0.15) is 0 Å². The van der Waals surface area contributed by atoms with Crippen molar-refractivity contribution in [2.75, 3.05) is 13.2 Å². The van der Waals surface area contributed by atoms with Gasteiger partial charge in [-0.05, 0) is 13.8 Å². The summed E-state index contributed by atoms with van der Waals surface area (Å²) in [5.41, 5.74) is -3.58. The lowest BCUT2D eigenvalue weighted by atomic mass is 10.2. The number of nitrogens with zero attached hydrogens (tertiary/aromatic N) is 2. The number of hydrogen-bond acceptors (Lipinski definition) is 6. The molecule has 0 fully saturated rings. The minimum atomic E-state index is -5.23. The molecule has 0 unspecified atom stereocenters. The summed E-state index contributed by atoms with van der Waals surface area (Å²) in [6, 6.07) is 0.615. The molecule has 0 aliphatic rings. The maximum atomic E-state index is 13.1. The van der Waals surface area contributed by atoms with E-state index in [1.165, 1.54) is 13.8 Å². The van der Waals surface area contributed by atoms with Crippen LogP contribution in [0.4, 0.5) is 26.3 Å². The minimum Gasteiger partial charge on any atom is -0.430 e. The van der Waals surface area contributed by atoms with E-state index in [2.05, 4.69) is 9.97 Å². The fourth-order valence-electron chi connectivity index (χ4n) is 1.89. The molecule has 13 heteroatoms. The summed E-state index contributed by atoms with van der Waals surface area (Å²) in [5, 5.41) is -0.880. The Morgan fingerprint density at radius 1 is 1.04 bits per heavy atom. The molecule has 2 aromatic heterocycles. The molecule has 0 radical (unpaired) electrons. The van der Waals surface area contributed by atoms with Gasteiger partial charge in [0.2, 0.25) is 17.0 Å². The number of furan rings is 1. The van der Waals surface area contributed by atoms with Crippen molar-refractivity contribution in [3.8, 4) is 0 Å². The standard InChI is InChI=1S/C12H11F6N2O4P/c1-3-22-25(21,23-4-2)7-5-6-8(11(13,14)15)19-10(12(16,17)18)20-9(6)24-7/h5H,3-4H2,1-2H3.